The molecule has 3 aromatic rings. The molecule has 0 unspecified atom stereocenters. The molecule has 1 aliphatic carbocycles. The SMILES string of the molecule is COC(=O)CC1CCC(c2ccc(-c3ccc(Nc4ccc(SC)cn4)cn3)cc2)CC1. The number of pyridine rings is 2. The van der Waals surface area contributed by atoms with Crippen LogP contribution in [0.15, 0.2) is 65.8 Å². The number of carbonyl (C=O) groups excluding carboxylic acids is 1. The Morgan fingerprint density at radius 1 is 1.00 bits per heavy atom. The summed E-state index contributed by atoms with van der Waals surface area (Å²) in [5.74, 6) is 1.76. The van der Waals surface area contributed by atoms with Crippen molar-refractivity contribution in [3.63, 3.8) is 0 Å². The Kier molecular flexibility index (Phi) is 7.43. The molecule has 1 N–H and O–H groups in total. The van der Waals surface area contributed by atoms with Crippen LogP contribution in [0.3, 0.4) is 0 Å². The Morgan fingerprint density at radius 3 is 2.38 bits per heavy atom. The maximum atomic E-state index is 11.5. The second-order valence-electron chi connectivity index (χ2n) is 8.26. The molecule has 1 aromatic carbocycles. The van der Waals surface area contributed by atoms with E-state index in [1.165, 1.54) is 12.7 Å². The number of nitrogens with zero attached hydrogens (tertiary/aromatic N) is 2. The summed E-state index contributed by atoms with van der Waals surface area (Å²) in [7, 11) is 1.47. The average Bonchev–Trinajstić information content (AvgIpc) is 2.85. The number of hydrogen-bond acceptors (Lipinski definition) is 6. The van der Waals surface area contributed by atoms with E-state index in [9.17, 15) is 4.79 Å². The van der Waals surface area contributed by atoms with Gasteiger partial charge in [-0.2, -0.15) is 0 Å². The van der Waals surface area contributed by atoms with Crippen LogP contribution in [-0.4, -0.2) is 29.3 Å². The fraction of sp³-hybridized carbons (Fsp3) is 0.346. The third-order valence-electron chi connectivity index (χ3n) is 6.22. The molecule has 0 bridgehead atoms. The fourth-order valence-electron chi connectivity index (χ4n) is 4.31. The van der Waals surface area contributed by atoms with Crippen LogP contribution in [0.5, 0.6) is 0 Å². The van der Waals surface area contributed by atoms with Crippen LogP contribution in [0.25, 0.3) is 11.3 Å². The summed E-state index contributed by atoms with van der Waals surface area (Å²) in [5, 5.41) is 3.29. The van der Waals surface area contributed by atoms with Crippen LogP contribution >= 0.6 is 11.8 Å². The maximum absolute atomic E-state index is 11.5. The van der Waals surface area contributed by atoms with Crippen LogP contribution in [0.1, 0.15) is 43.6 Å². The molecule has 1 fully saturated rings. The number of esters is 1. The van der Waals surface area contributed by atoms with Gasteiger partial charge in [-0.25, -0.2) is 4.98 Å². The lowest BCUT2D eigenvalue weighted by molar-refractivity contribution is -0.142. The highest BCUT2D eigenvalue weighted by Crippen LogP contribution is 2.37. The summed E-state index contributed by atoms with van der Waals surface area (Å²) >= 11 is 1.68. The van der Waals surface area contributed by atoms with E-state index in [4.69, 9.17) is 4.74 Å². The molecule has 1 saturated carbocycles. The molecule has 2 heterocycles. The van der Waals surface area contributed by atoms with E-state index >= 15 is 0 Å². The van der Waals surface area contributed by atoms with Gasteiger partial charge in [-0.3, -0.25) is 9.78 Å². The van der Waals surface area contributed by atoms with Crippen molar-refractivity contribution in [2.75, 3.05) is 18.7 Å². The summed E-state index contributed by atoms with van der Waals surface area (Å²) in [4.78, 5) is 21.7. The first-order valence-electron chi connectivity index (χ1n) is 11.0. The van der Waals surface area contributed by atoms with E-state index < -0.39 is 0 Å². The van der Waals surface area contributed by atoms with Gasteiger partial charge in [-0.15, -0.1) is 11.8 Å². The second kappa shape index (κ2) is 10.6. The lowest BCUT2D eigenvalue weighted by Crippen LogP contribution is -2.17. The number of rotatable bonds is 7. The monoisotopic (exact) mass is 447 g/mol. The van der Waals surface area contributed by atoms with E-state index in [2.05, 4.69) is 45.6 Å². The van der Waals surface area contributed by atoms with Crippen molar-refractivity contribution in [2.45, 2.75) is 42.9 Å². The van der Waals surface area contributed by atoms with Gasteiger partial charge in [0.2, 0.25) is 0 Å². The molecule has 2 aromatic heterocycles. The summed E-state index contributed by atoms with van der Waals surface area (Å²) in [6.07, 6.45) is 10.7. The van der Waals surface area contributed by atoms with Crippen molar-refractivity contribution in [1.29, 1.82) is 0 Å². The highest BCUT2D eigenvalue weighted by molar-refractivity contribution is 7.98. The van der Waals surface area contributed by atoms with Gasteiger partial charge in [0.15, 0.2) is 0 Å². The molecule has 6 heteroatoms. The van der Waals surface area contributed by atoms with Gasteiger partial charge in [-0.05, 0) is 73.6 Å². The van der Waals surface area contributed by atoms with Crippen molar-refractivity contribution < 1.29 is 9.53 Å². The molecule has 4 rings (SSSR count). The molecule has 0 aliphatic heterocycles. The van der Waals surface area contributed by atoms with Crippen molar-refractivity contribution in [3.8, 4) is 11.3 Å². The zero-order valence-corrected chi connectivity index (χ0v) is 19.4. The number of benzene rings is 1. The van der Waals surface area contributed by atoms with Crippen molar-refractivity contribution in [2.24, 2.45) is 5.92 Å². The Balaban J connectivity index is 1.34. The quantitative estimate of drug-likeness (QED) is 0.332. The van der Waals surface area contributed by atoms with Gasteiger partial charge in [0.05, 0.1) is 24.7 Å². The maximum Gasteiger partial charge on any atom is 0.305 e. The van der Waals surface area contributed by atoms with Gasteiger partial charge >= 0.3 is 5.97 Å². The topological polar surface area (TPSA) is 64.1 Å². The van der Waals surface area contributed by atoms with Gasteiger partial charge in [0.1, 0.15) is 5.82 Å². The van der Waals surface area contributed by atoms with Crippen LogP contribution in [0.4, 0.5) is 11.5 Å². The molecule has 32 heavy (non-hydrogen) atoms. The predicted molar refractivity (Wildman–Crippen MR) is 130 cm³/mol. The third-order valence-corrected chi connectivity index (χ3v) is 6.93. The summed E-state index contributed by atoms with van der Waals surface area (Å²) < 4.78 is 4.81. The Bertz CT molecular complexity index is 1010. The molecule has 166 valence electrons. The first kappa shape index (κ1) is 22.3. The number of hydrogen-bond donors (Lipinski definition) is 1. The van der Waals surface area contributed by atoms with E-state index in [-0.39, 0.29) is 5.97 Å². The zero-order chi connectivity index (χ0) is 22.3. The zero-order valence-electron chi connectivity index (χ0n) is 18.6. The summed E-state index contributed by atoms with van der Waals surface area (Å²) in [5.41, 5.74) is 4.36. The van der Waals surface area contributed by atoms with Gasteiger partial charge < -0.3 is 10.1 Å². The standard InChI is InChI=1S/C26H29N3O2S/c1-31-26(30)15-18-3-5-19(6-4-18)20-7-9-21(10-8-20)24-13-11-22(16-27-24)29-25-14-12-23(32-2)17-28-25/h7-14,16-19H,3-6,15H2,1-2H3,(H,28,29). The molecule has 0 amide bonds. The number of anilines is 2. The Labute approximate surface area is 194 Å². The fourth-order valence-corrected chi connectivity index (χ4v) is 4.67. The second-order valence-corrected chi connectivity index (χ2v) is 9.14. The average molecular weight is 448 g/mol. The number of carbonyl (C=O) groups is 1. The minimum atomic E-state index is -0.0868. The lowest BCUT2D eigenvalue weighted by Gasteiger charge is -2.28. The van der Waals surface area contributed by atoms with Crippen LogP contribution in [0.2, 0.25) is 0 Å². The van der Waals surface area contributed by atoms with Crippen molar-refractivity contribution in [1.82, 2.24) is 9.97 Å². The molecule has 0 saturated heterocycles. The van der Waals surface area contributed by atoms with Crippen LogP contribution < -0.4 is 5.32 Å². The Morgan fingerprint density at radius 2 is 1.78 bits per heavy atom. The smallest absolute Gasteiger partial charge is 0.305 e. The van der Waals surface area contributed by atoms with E-state index in [0.717, 1.165) is 53.3 Å². The van der Waals surface area contributed by atoms with E-state index in [1.807, 2.05) is 36.8 Å². The first-order valence-corrected chi connectivity index (χ1v) is 12.3. The Hall–Kier alpha value is -2.86. The molecule has 0 radical (unpaired) electrons. The van der Waals surface area contributed by atoms with Crippen LogP contribution in [0, 0.1) is 5.92 Å². The van der Waals surface area contributed by atoms with E-state index in [0.29, 0.717) is 18.3 Å². The summed E-state index contributed by atoms with van der Waals surface area (Å²) in [6.45, 7) is 0. The number of nitrogens with one attached hydrogen (secondary N) is 1. The van der Waals surface area contributed by atoms with Gasteiger partial charge in [-0.1, -0.05) is 24.3 Å². The first-order chi connectivity index (χ1) is 15.6. The molecule has 0 atom stereocenters. The minimum absolute atomic E-state index is 0.0868. The number of methoxy groups -OCH3 is 1. The van der Waals surface area contributed by atoms with Crippen molar-refractivity contribution >= 4 is 29.2 Å². The number of thioether (sulfide) groups is 1. The third kappa shape index (κ3) is 5.68. The van der Waals surface area contributed by atoms with Gasteiger partial charge in [0, 0.05) is 23.1 Å². The highest BCUT2D eigenvalue weighted by atomic mass is 32.2. The number of ether oxygens (including phenoxy) is 1. The van der Waals surface area contributed by atoms with E-state index in [1.54, 1.807) is 11.8 Å². The normalized spacial score (nSPS) is 18.2. The molecular weight excluding hydrogens is 418 g/mol. The van der Waals surface area contributed by atoms with Crippen molar-refractivity contribution in [3.05, 3.63) is 66.5 Å². The highest BCUT2D eigenvalue weighted by Gasteiger charge is 2.24. The molecule has 1 aliphatic rings. The minimum Gasteiger partial charge on any atom is -0.469 e. The largest absolute Gasteiger partial charge is 0.469 e. The predicted octanol–water partition coefficient (Wildman–Crippen LogP) is 6.45. The molecule has 5 nitrogen and oxygen atoms in total. The lowest BCUT2D eigenvalue weighted by atomic mass is 9.77. The molecular formula is C26H29N3O2S. The number of aromatic nitrogens is 2. The molecule has 0 spiro atoms. The summed E-state index contributed by atoms with van der Waals surface area (Å²) in [6, 6.07) is 16.9. The van der Waals surface area contributed by atoms with Crippen LogP contribution in [-0.2, 0) is 9.53 Å². The van der Waals surface area contributed by atoms with Gasteiger partial charge in [0.25, 0.3) is 0 Å².